The van der Waals surface area contributed by atoms with Crippen LogP contribution in [0.3, 0.4) is 0 Å². The molecule has 1 heterocycles. The van der Waals surface area contributed by atoms with E-state index in [9.17, 15) is 19.7 Å². The molecule has 0 unspecified atom stereocenters. The molecule has 25 heavy (non-hydrogen) atoms. The Morgan fingerprint density at radius 1 is 1.16 bits per heavy atom. The minimum Gasteiger partial charge on any atom is -0.330 e. The number of nitro benzene ring substituents is 1. The Kier molecular flexibility index (Phi) is 4.47. The lowest BCUT2D eigenvalue weighted by molar-refractivity contribution is -0.384. The van der Waals surface area contributed by atoms with Crippen molar-refractivity contribution in [3.05, 3.63) is 70.3 Å². The number of non-ortho nitro benzene ring substituents is 1. The number of anilines is 1. The molecule has 0 saturated carbocycles. The fourth-order valence-corrected chi connectivity index (χ4v) is 2.96. The number of para-hydroxylation sites is 1. The number of amides is 2. The van der Waals surface area contributed by atoms with E-state index in [4.69, 9.17) is 0 Å². The van der Waals surface area contributed by atoms with Gasteiger partial charge < -0.3 is 9.80 Å². The van der Waals surface area contributed by atoms with Gasteiger partial charge in [0.25, 0.3) is 11.6 Å². The van der Waals surface area contributed by atoms with Crippen molar-refractivity contribution in [3.63, 3.8) is 0 Å². The zero-order valence-electron chi connectivity index (χ0n) is 13.7. The number of rotatable bonds is 4. The van der Waals surface area contributed by atoms with Gasteiger partial charge >= 0.3 is 0 Å². The highest BCUT2D eigenvalue weighted by Gasteiger charge is 2.37. The van der Waals surface area contributed by atoms with Crippen LogP contribution in [0.2, 0.25) is 0 Å². The van der Waals surface area contributed by atoms with Crippen molar-refractivity contribution >= 4 is 23.2 Å². The maximum Gasteiger partial charge on any atom is 0.269 e. The average Bonchev–Trinajstić information content (AvgIpc) is 3.02. The number of hydrogen-bond donors (Lipinski definition) is 0. The molecule has 0 aliphatic carbocycles. The molecule has 2 aromatic rings. The lowest BCUT2D eigenvalue weighted by Gasteiger charge is -2.24. The third-order valence-electron chi connectivity index (χ3n) is 4.36. The lowest BCUT2D eigenvalue weighted by atomic mass is 10.1. The Labute approximate surface area is 144 Å². The summed E-state index contributed by atoms with van der Waals surface area (Å²) in [5, 5.41) is 10.7. The fraction of sp³-hybridized carbons (Fsp3) is 0.222. The van der Waals surface area contributed by atoms with Gasteiger partial charge in [-0.05, 0) is 30.7 Å². The predicted molar refractivity (Wildman–Crippen MR) is 92.4 cm³/mol. The Balaban J connectivity index is 1.74. The van der Waals surface area contributed by atoms with Crippen molar-refractivity contribution in [2.45, 2.75) is 12.5 Å². The van der Waals surface area contributed by atoms with Gasteiger partial charge in [-0.15, -0.1) is 0 Å². The second kappa shape index (κ2) is 6.72. The number of nitro groups is 1. The number of nitrogens with zero attached hydrogens (tertiary/aromatic N) is 3. The molecule has 0 spiro atoms. The van der Waals surface area contributed by atoms with Crippen LogP contribution in [0.1, 0.15) is 16.8 Å². The summed E-state index contributed by atoms with van der Waals surface area (Å²) in [6, 6.07) is 14.2. The molecule has 1 aliphatic heterocycles. The molecule has 3 rings (SSSR count). The molecule has 0 aromatic heterocycles. The second-order valence-electron chi connectivity index (χ2n) is 5.85. The van der Waals surface area contributed by atoms with Gasteiger partial charge in [-0.1, -0.05) is 18.2 Å². The molecule has 1 atom stereocenters. The van der Waals surface area contributed by atoms with Crippen LogP contribution >= 0.6 is 0 Å². The van der Waals surface area contributed by atoms with E-state index in [1.165, 1.54) is 29.2 Å². The topological polar surface area (TPSA) is 83.8 Å². The summed E-state index contributed by atoms with van der Waals surface area (Å²) in [5.41, 5.74) is 1.05. The van der Waals surface area contributed by atoms with Crippen molar-refractivity contribution in [2.24, 2.45) is 0 Å². The minimum absolute atomic E-state index is 0.0774. The molecule has 1 aliphatic rings. The third-order valence-corrected chi connectivity index (χ3v) is 4.36. The van der Waals surface area contributed by atoms with Crippen LogP contribution in [0.15, 0.2) is 54.6 Å². The first kappa shape index (κ1) is 16.6. The molecule has 0 radical (unpaired) electrons. The molecule has 7 nitrogen and oxygen atoms in total. The molecule has 1 fully saturated rings. The van der Waals surface area contributed by atoms with E-state index in [1.54, 1.807) is 11.9 Å². The van der Waals surface area contributed by atoms with Crippen LogP contribution in [0, 0.1) is 10.1 Å². The van der Waals surface area contributed by atoms with E-state index >= 15 is 0 Å². The van der Waals surface area contributed by atoms with Crippen LogP contribution in [0.25, 0.3) is 0 Å². The van der Waals surface area contributed by atoms with E-state index in [1.807, 2.05) is 30.3 Å². The third kappa shape index (κ3) is 3.21. The summed E-state index contributed by atoms with van der Waals surface area (Å²) in [6.07, 6.45) is 0.545. The summed E-state index contributed by atoms with van der Waals surface area (Å²) in [4.78, 5) is 38.5. The van der Waals surface area contributed by atoms with Gasteiger partial charge in [0.2, 0.25) is 5.91 Å². The first-order valence-electron chi connectivity index (χ1n) is 7.87. The first-order valence-corrected chi connectivity index (χ1v) is 7.87. The summed E-state index contributed by atoms with van der Waals surface area (Å²) in [6.45, 7) is 0.547. The van der Waals surface area contributed by atoms with Crippen molar-refractivity contribution in [3.8, 4) is 0 Å². The summed E-state index contributed by atoms with van der Waals surface area (Å²) in [7, 11) is 1.58. The SMILES string of the molecule is CN(C(=O)c1ccc([N+](=O)[O-])cc1)[C@H]1CCN(c2ccccc2)C1=O. The molecule has 1 saturated heterocycles. The van der Waals surface area contributed by atoms with Crippen LogP contribution in [0.5, 0.6) is 0 Å². The van der Waals surface area contributed by atoms with E-state index in [0.717, 1.165) is 5.69 Å². The standard InChI is InChI=1S/C18H17N3O4/c1-19(17(22)13-7-9-15(10-8-13)21(24)25)16-11-12-20(18(16)23)14-5-3-2-4-6-14/h2-10,16H,11-12H2,1H3/t16-/m0/s1. The highest BCUT2D eigenvalue weighted by atomic mass is 16.6. The Morgan fingerprint density at radius 3 is 2.40 bits per heavy atom. The first-order chi connectivity index (χ1) is 12.0. The molecule has 128 valence electrons. The predicted octanol–water partition coefficient (Wildman–Crippen LogP) is 2.47. The maximum atomic E-state index is 12.7. The Hall–Kier alpha value is -3.22. The summed E-state index contributed by atoms with van der Waals surface area (Å²) >= 11 is 0. The van der Waals surface area contributed by atoms with Crippen LogP contribution in [0.4, 0.5) is 11.4 Å². The largest absolute Gasteiger partial charge is 0.330 e. The van der Waals surface area contributed by atoms with E-state index in [-0.39, 0.29) is 17.5 Å². The van der Waals surface area contributed by atoms with Gasteiger partial charge in [-0.25, -0.2) is 0 Å². The highest BCUT2D eigenvalue weighted by molar-refractivity contribution is 6.03. The van der Waals surface area contributed by atoms with Crippen molar-refractivity contribution in [1.82, 2.24) is 4.90 Å². The molecular formula is C18H17N3O4. The van der Waals surface area contributed by atoms with Crippen LogP contribution < -0.4 is 4.90 Å². The van der Waals surface area contributed by atoms with Gasteiger partial charge in [0.1, 0.15) is 6.04 Å². The van der Waals surface area contributed by atoms with E-state index in [0.29, 0.717) is 18.5 Å². The number of carbonyl (C=O) groups is 2. The zero-order chi connectivity index (χ0) is 18.0. The quantitative estimate of drug-likeness (QED) is 0.633. The van der Waals surface area contributed by atoms with Crippen molar-refractivity contribution in [2.75, 3.05) is 18.5 Å². The van der Waals surface area contributed by atoms with Gasteiger partial charge in [0.05, 0.1) is 4.92 Å². The van der Waals surface area contributed by atoms with Gasteiger partial charge in [0.15, 0.2) is 0 Å². The summed E-state index contributed by atoms with van der Waals surface area (Å²) in [5.74, 6) is -0.452. The zero-order valence-corrected chi connectivity index (χ0v) is 13.7. The number of carbonyl (C=O) groups excluding carboxylic acids is 2. The second-order valence-corrected chi connectivity index (χ2v) is 5.85. The van der Waals surface area contributed by atoms with Crippen LogP contribution in [-0.2, 0) is 4.79 Å². The number of hydrogen-bond acceptors (Lipinski definition) is 4. The van der Waals surface area contributed by atoms with Crippen molar-refractivity contribution < 1.29 is 14.5 Å². The fourth-order valence-electron chi connectivity index (χ4n) is 2.96. The lowest BCUT2D eigenvalue weighted by Crippen LogP contribution is -2.43. The van der Waals surface area contributed by atoms with E-state index < -0.39 is 11.0 Å². The van der Waals surface area contributed by atoms with E-state index in [2.05, 4.69) is 0 Å². The monoisotopic (exact) mass is 339 g/mol. The van der Waals surface area contributed by atoms with Crippen molar-refractivity contribution in [1.29, 1.82) is 0 Å². The molecule has 2 amide bonds. The summed E-state index contributed by atoms with van der Waals surface area (Å²) < 4.78 is 0. The van der Waals surface area contributed by atoms with Crippen LogP contribution in [-0.4, -0.2) is 41.3 Å². The molecular weight excluding hydrogens is 322 g/mol. The number of benzene rings is 2. The highest BCUT2D eigenvalue weighted by Crippen LogP contribution is 2.24. The van der Waals surface area contributed by atoms with Gasteiger partial charge in [-0.3, -0.25) is 19.7 Å². The molecule has 0 N–H and O–H groups in total. The Bertz CT molecular complexity index is 805. The maximum absolute atomic E-state index is 12.7. The van der Waals surface area contributed by atoms with Gasteiger partial charge in [0, 0.05) is 37.0 Å². The Morgan fingerprint density at radius 2 is 1.80 bits per heavy atom. The molecule has 2 aromatic carbocycles. The normalized spacial score (nSPS) is 16.8. The van der Waals surface area contributed by atoms with Gasteiger partial charge in [-0.2, -0.15) is 0 Å². The minimum atomic E-state index is -0.539. The number of likely N-dealkylation sites (N-methyl/N-ethyl adjacent to an activating group) is 1. The average molecular weight is 339 g/mol. The molecule has 0 bridgehead atoms. The smallest absolute Gasteiger partial charge is 0.269 e. The molecule has 7 heteroatoms.